The minimum atomic E-state index is -1.03. The molecule has 1 atom stereocenters. The van der Waals surface area contributed by atoms with Crippen molar-refractivity contribution >= 4 is 11.8 Å². The highest BCUT2D eigenvalue weighted by Crippen LogP contribution is 2.21. The van der Waals surface area contributed by atoms with Gasteiger partial charge in [0, 0.05) is 13.0 Å². The van der Waals surface area contributed by atoms with Crippen molar-refractivity contribution in [2.75, 3.05) is 19.6 Å². The van der Waals surface area contributed by atoms with Gasteiger partial charge in [-0.3, -0.25) is 9.59 Å². The van der Waals surface area contributed by atoms with E-state index in [0.717, 1.165) is 5.56 Å². The zero-order chi connectivity index (χ0) is 17.9. The number of nitrogens with two attached hydrogens (primary N) is 1. The smallest absolute Gasteiger partial charge is 0.287 e. The first kappa shape index (κ1) is 17.2. The number of hydrogen-bond acceptors (Lipinski definition) is 5. The largest absolute Gasteiger partial charge is 0.459 e. The predicted molar refractivity (Wildman–Crippen MR) is 90.7 cm³/mol. The van der Waals surface area contributed by atoms with Gasteiger partial charge in [-0.15, -0.1) is 0 Å². The molecule has 0 bridgehead atoms. The van der Waals surface area contributed by atoms with Crippen molar-refractivity contribution in [1.29, 1.82) is 0 Å². The summed E-state index contributed by atoms with van der Waals surface area (Å²) in [6.45, 7) is 0.438. The Balaban J connectivity index is 1.72. The molecule has 7 heteroatoms. The van der Waals surface area contributed by atoms with E-state index in [4.69, 9.17) is 10.2 Å². The average molecular weight is 343 g/mol. The number of amides is 2. The van der Waals surface area contributed by atoms with E-state index in [0.29, 0.717) is 6.42 Å². The van der Waals surface area contributed by atoms with Gasteiger partial charge < -0.3 is 25.5 Å². The van der Waals surface area contributed by atoms with Crippen LogP contribution in [0.4, 0.5) is 0 Å². The summed E-state index contributed by atoms with van der Waals surface area (Å²) in [6, 6.07) is 11.8. The Hall–Kier alpha value is -2.64. The first-order valence-corrected chi connectivity index (χ1v) is 8.10. The van der Waals surface area contributed by atoms with Crippen molar-refractivity contribution in [1.82, 2.24) is 10.2 Å². The van der Waals surface area contributed by atoms with Gasteiger partial charge in [0.25, 0.3) is 5.91 Å². The zero-order valence-electron chi connectivity index (χ0n) is 13.7. The predicted octanol–water partition coefficient (Wildman–Crippen LogP) is 0.153. The Morgan fingerprint density at radius 3 is 2.56 bits per heavy atom. The molecule has 132 valence electrons. The molecule has 0 spiro atoms. The highest BCUT2D eigenvalue weighted by Gasteiger charge is 2.44. The number of likely N-dealkylation sites (tertiary alicyclic amines) is 1. The van der Waals surface area contributed by atoms with Crippen LogP contribution < -0.4 is 11.1 Å². The van der Waals surface area contributed by atoms with Crippen molar-refractivity contribution in [2.24, 2.45) is 5.73 Å². The number of rotatable bonds is 6. The van der Waals surface area contributed by atoms with Gasteiger partial charge in [0.2, 0.25) is 5.91 Å². The first-order valence-electron chi connectivity index (χ1n) is 8.10. The summed E-state index contributed by atoms with van der Waals surface area (Å²) >= 11 is 0. The molecule has 3 rings (SSSR count). The second-order valence-electron chi connectivity index (χ2n) is 6.32. The van der Waals surface area contributed by atoms with Gasteiger partial charge in [0.05, 0.1) is 19.4 Å². The first-order chi connectivity index (χ1) is 12.0. The minimum Gasteiger partial charge on any atom is -0.459 e. The Kier molecular flexibility index (Phi) is 4.87. The molecule has 1 fully saturated rings. The van der Waals surface area contributed by atoms with Crippen LogP contribution >= 0.6 is 0 Å². The molecule has 1 aliphatic heterocycles. The monoisotopic (exact) mass is 343 g/mol. The summed E-state index contributed by atoms with van der Waals surface area (Å²) in [5.41, 5.74) is 5.40. The summed E-state index contributed by atoms with van der Waals surface area (Å²) in [5, 5.41) is 12.7. The summed E-state index contributed by atoms with van der Waals surface area (Å²) in [4.78, 5) is 26.5. The molecular formula is C18H21N3O4. The van der Waals surface area contributed by atoms with E-state index in [1.54, 1.807) is 6.07 Å². The lowest BCUT2D eigenvalue weighted by Gasteiger charge is -2.46. The highest BCUT2D eigenvalue weighted by molar-refractivity contribution is 5.95. The summed E-state index contributed by atoms with van der Waals surface area (Å²) in [5.74, 6) is -0.552. The van der Waals surface area contributed by atoms with E-state index in [1.807, 2.05) is 30.3 Å². The molecule has 0 radical (unpaired) electrons. The Labute approximate surface area is 145 Å². The fourth-order valence-electron chi connectivity index (χ4n) is 2.86. The van der Waals surface area contributed by atoms with Gasteiger partial charge in [-0.1, -0.05) is 30.3 Å². The maximum absolute atomic E-state index is 12.8. The van der Waals surface area contributed by atoms with Crippen molar-refractivity contribution in [3.63, 3.8) is 0 Å². The van der Waals surface area contributed by atoms with E-state index < -0.39 is 17.6 Å². The highest BCUT2D eigenvalue weighted by atomic mass is 16.3. The third kappa shape index (κ3) is 3.89. The average Bonchev–Trinajstić information content (AvgIpc) is 3.13. The number of nitrogens with one attached hydrogen (secondary N) is 1. The molecule has 2 aromatic rings. The lowest BCUT2D eigenvalue weighted by molar-refractivity contribution is -0.155. The van der Waals surface area contributed by atoms with Crippen LogP contribution in [0, 0.1) is 0 Å². The maximum atomic E-state index is 12.8. The third-order valence-electron chi connectivity index (χ3n) is 4.29. The van der Waals surface area contributed by atoms with E-state index in [9.17, 15) is 14.7 Å². The standard InChI is InChI=1S/C18H21N3O4/c19-10-18(24)11-21(12-18)17(23)14(9-13-5-2-1-3-6-13)20-16(22)15-7-4-8-25-15/h1-8,14,24H,9-12,19H2,(H,20,22). The molecule has 0 aliphatic carbocycles. The van der Waals surface area contributed by atoms with Crippen LogP contribution in [0.1, 0.15) is 16.1 Å². The second kappa shape index (κ2) is 7.08. The molecule has 2 heterocycles. The van der Waals surface area contributed by atoms with Gasteiger partial charge in [-0.05, 0) is 17.7 Å². The number of benzene rings is 1. The van der Waals surface area contributed by atoms with Gasteiger partial charge in [0.15, 0.2) is 5.76 Å². The van der Waals surface area contributed by atoms with Gasteiger partial charge in [0.1, 0.15) is 11.6 Å². The van der Waals surface area contributed by atoms with Crippen LogP contribution in [-0.4, -0.2) is 53.1 Å². The van der Waals surface area contributed by atoms with Crippen LogP contribution in [0.5, 0.6) is 0 Å². The van der Waals surface area contributed by atoms with Crippen LogP contribution in [0.3, 0.4) is 0 Å². The van der Waals surface area contributed by atoms with Crippen LogP contribution in [0.25, 0.3) is 0 Å². The molecule has 1 aromatic carbocycles. The third-order valence-corrected chi connectivity index (χ3v) is 4.29. The topological polar surface area (TPSA) is 109 Å². The van der Waals surface area contributed by atoms with E-state index in [-0.39, 0.29) is 31.3 Å². The molecular weight excluding hydrogens is 322 g/mol. The van der Waals surface area contributed by atoms with E-state index in [2.05, 4.69) is 5.32 Å². The quantitative estimate of drug-likeness (QED) is 0.692. The molecule has 0 saturated carbocycles. The van der Waals surface area contributed by atoms with Crippen molar-refractivity contribution < 1.29 is 19.1 Å². The summed E-state index contributed by atoms with van der Waals surface area (Å²) < 4.78 is 5.08. The van der Waals surface area contributed by atoms with Crippen molar-refractivity contribution in [2.45, 2.75) is 18.1 Å². The molecule has 4 N–H and O–H groups in total. The fourth-order valence-corrected chi connectivity index (χ4v) is 2.86. The Morgan fingerprint density at radius 1 is 1.24 bits per heavy atom. The van der Waals surface area contributed by atoms with Gasteiger partial charge >= 0.3 is 0 Å². The molecule has 1 saturated heterocycles. The number of furan rings is 1. The van der Waals surface area contributed by atoms with Crippen molar-refractivity contribution in [3.8, 4) is 0 Å². The van der Waals surface area contributed by atoms with Gasteiger partial charge in [-0.25, -0.2) is 0 Å². The fraction of sp³-hybridized carbons (Fsp3) is 0.333. The lowest BCUT2D eigenvalue weighted by atomic mass is 9.92. The minimum absolute atomic E-state index is 0.0961. The number of carbonyl (C=O) groups excluding carboxylic acids is 2. The van der Waals surface area contributed by atoms with Crippen LogP contribution in [0.15, 0.2) is 53.1 Å². The SMILES string of the molecule is NCC1(O)CN(C(=O)C(Cc2ccccc2)NC(=O)c2ccco2)C1. The molecule has 25 heavy (non-hydrogen) atoms. The molecule has 1 unspecified atom stereocenters. The number of aliphatic hydroxyl groups is 1. The maximum Gasteiger partial charge on any atom is 0.287 e. The molecule has 2 amide bonds. The van der Waals surface area contributed by atoms with Gasteiger partial charge in [-0.2, -0.15) is 0 Å². The number of β-amino-alcohol motifs (C(OH)–C–C–N with tert-alkyl or cyclic N) is 1. The second-order valence-corrected chi connectivity index (χ2v) is 6.32. The Bertz CT molecular complexity index is 724. The normalized spacial score (nSPS) is 16.8. The summed E-state index contributed by atoms with van der Waals surface area (Å²) in [6.07, 6.45) is 1.75. The van der Waals surface area contributed by atoms with Crippen molar-refractivity contribution in [3.05, 3.63) is 60.1 Å². The number of hydrogen-bond donors (Lipinski definition) is 3. The number of carbonyl (C=O) groups is 2. The molecule has 1 aliphatic rings. The summed E-state index contributed by atoms with van der Waals surface area (Å²) in [7, 11) is 0. The van der Waals surface area contributed by atoms with E-state index >= 15 is 0 Å². The van der Waals surface area contributed by atoms with Crippen LogP contribution in [0.2, 0.25) is 0 Å². The molecule has 1 aromatic heterocycles. The zero-order valence-corrected chi connectivity index (χ0v) is 13.7. The lowest BCUT2D eigenvalue weighted by Crippen LogP contribution is -2.69. The number of nitrogens with zero attached hydrogens (tertiary/aromatic N) is 1. The Morgan fingerprint density at radius 2 is 1.96 bits per heavy atom. The molecule has 7 nitrogen and oxygen atoms in total. The van der Waals surface area contributed by atoms with Crippen LogP contribution in [-0.2, 0) is 11.2 Å². The van der Waals surface area contributed by atoms with E-state index in [1.165, 1.54) is 17.2 Å².